The molecule has 0 aliphatic heterocycles. The van der Waals surface area contributed by atoms with Crippen molar-refractivity contribution in [2.24, 2.45) is 12.0 Å². The summed E-state index contributed by atoms with van der Waals surface area (Å²) in [6.07, 6.45) is -4.43. The van der Waals surface area contributed by atoms with Crippen molar-refractivity contribution in [2.75, 3.05) is 13.7 Å². The summed E-state index contributed by atoms with van der Waals surface area (Å²) in [4.78, 5) is 4.52. The Balaban J connectivity index is 1.94. The predicted molar refractivity (Wildman–Crippen MR) is 105 cm³/mol. The number of aliphatic imine (C=N–C) groups is 1. The van der Waals surface area contributed by atoms with Crippen LogP contribution in [-0.4, -0.2) is 40.6 Å². The van der Waals surface area contributed by atoms with Gasteiger partial charge in [0, 0.05) is 20.0 Å². The van der Waals surface area contributed by atoms with Crippen LogP contribution in [0.25, 0.3) is 0 Å². The Labute approximate surface area is 168 Å². The molecule has 1 heterocycles. The lowest BCUT2D eigenvalue weighted by atomic mass is 10.2. The monoisotopic (exact) mass is 412 g/mol. The van der Waals surface area contributed by atoms with E-state index in [0.29, 0.717) is 32.0 Å². The first-order valence-corrected chi connectivity index (χ1v) is 9.35. The van der Waals surface area contributed by atoms with Crippen LogP contribution in [0.5, 0.6) is 5.75 Å². The van der Waals surface area contributed by atoms with E-state index in [4.69, 9.17) is 4.74 Å². The van der Waals surface area contributed by atoms with E-state index >= 15 is 0 Å². The molecule has 0 aliphatic carbocycles. The summed E-state index contributed by atoms with van der Waals surface area (Å²) in [5, 5.41) is 14.3. The van der Waals surface area contributed by atoms with Crippen LogP contribution in [0.15, 0.2) is 29.3 Å². The molecule has 0 unspecified atom stereocenters. The third kappa shape index (κ3) is 8.00. The van der Waals surface area contributed by atoms with Gasteiger partial charge in [0.05, 0.1) is 20.2 Å². The van der Waals surface area contributed by atoms with Crippen molar-refractivity contribution in [1.29, 1.82) is 0 Å². The molecular formula is C19H27F3N6O. The maximum absolute atomic E-state index is 12.3. The van der Waals surface area contributed by atoms with E-state index < -0.39 is 12.6 Å². The molecule has 160 valence electrons. The SMILES string of the molecule is COc1ccc(CN=C(NCCCCC(F)(F)F)NCc2nnc(C)n2C)cc1. The van der Waals surface area contributed by atoms with Crippen molar-refractivity contribution >= 4 is 5.96 Å². The lowest BCUT2D eigenvalue weighted by Crippen LogP contribution is -2.38. The Kier molecular flexibility index (Phi) is 8.29. The van der Waals surface area contributed by atoms with Gasteiger partial charge in [0.25, 0.3) is 0 Å². The molecule has 2 rings (SSSR count). The minimum absolute atomic E-state index is 0.0741. The Morgan fingerprint density at radius 2 is 1.86 bits per heavy atom. The van der Waals surface area contributed by atoms with Gasteiger partial charge in [-0.2, -0.15) is 13.2 Å². The summed E-state index contributed by atoms with van der Waals surface area (Å²) in [6, 6.07) is 7.53. The summed E-state index contributed by atoms with van der Waals surface area (Å²) in [7, 11) is 3.47. The Morgan fingerprint density at radius 1 is 1.14 bits per heavy atom. The van der Waals surface area contributed by atoms with Gasteiger partial charge in [0.1, 0.15) is 11.6 Å². The zero-order valence-corrected chi connectivity index (χ0v) is 16.9. The van der Waals surface area contributed by atoms with Gasteiger partial charge in [0.15, 0.2) is 11.8 Å². The number of ether oxygens (including phenoxy) is 1. The number of alkyl halides is 3. The van der Waals surface area contributed by atoms with Crippen LogP contribution in [0, 0.1) is 6.92 Å². The zero-order valence-electron chi connectivity index (χ0n) is 16.9. The predicted octanol–water partition coefficient (Wildman–Crippen LogP) is 3.10. The molecule has 1 aromatic heterocycles. The van der Waals surface area contributed by atoms with E-state index in [1.54, 1.807) is 7.11 Å². The molecule has 0 aliphatic rings. The summed E-state index contributed by atoms with van der Waals surface area (Å²) in [6.45, 7) is 3.06. The average Bonchev–Trinajstić information content (AvgIpc) is 3.00. The first kappa shape index (κ1) is 22.5. The number of nitrogens with zero attached hydrogens (tertiary/aromatic N) is 4. The van der Waals surface area contributed by atoms with Crippen molar-refractivity contribution in [3.8, 4) is 5.75 Å². The lowest BCUT2D eigenvalue weighted by Gasteiger charge is -2.13. The number of unbranched alkanes of at least 4 members (excludes halogenated alkanes) is 1. The van der Waals surface area contributed by atoms with Crippen molar-refractivity contribution in [1.82, 2.24) is 25.4 Å². The van der Waals surface area contributed by atoms with Crippen LogP contribution in [0.2, 0.25) is 0 Å². The molecule has 10 heteroatoms. The molecule has 0 radical (unpaired) electrons. The van der Waals surface area contributed by atoms with Gasteiger partial charge in [-0.1, -0.05) is 12.1 Å². The second-order valence-corrected chi connectivity index (χ2v) is 6.59. The van der Waals surface area contributed by atoms with Gasteiger partial charge in [-0.15, -0.1) is 10.2 Å². The fourth-order valence-corrected chi connectivity index (χ4v) is 2.50. The number of aromatic nitrogens is 3. The fourth-order valence-electron chi connectivity index (χ4n) is 2.50. The number of nitrogens with one attached hydrogen (secondary N) is 2. The number of hydrogen-bond acceptors (Lipinski definition) is 4. The number of halogens is 3. The van der Waals surface area contributed by atoms with Crippen molar-refractivity contribution in [3.63, 3.8) is 0 Å². The Hall–Kier alpha value is -2.78. The second kappa shape index (κ2) is 10.7. The van der Waals surface area contributed by atoms with E-state index in [1.165, 1.54) is 0 Å². The van der Waals surface area contributed by atoms with Crippen LogP contribution >= 0.6 is 0 Å². The van der Waals surface area contributed by atoms with Crippen LogP contribution in [-0.2, 0) is 20.1 Å². The molecular weight excluding hydrogens is 385 g/mol. The van der Waals surface area contributed by atoms with Crippen LogP contribution in [0.3, 0.4) is 0 Å². The summed E-state index contributed by atoms with van der Waals surface area (Å²) < 4.78 is 43.8. The normalized spacial score (nSPS) is 12.1. The minimum Gasteiger partial charge on any atom is -0.497 e. The first-order chi connectivity index (χ1) is 13.8. The maximum Gasteiger partial charge on any atom is 0.389 e. The second-order valence-electron chi connectivity index (χ2n) is 6.59. The molecule has 0 saturated heterocycles. The standard InChI is InChI=1S/C19H27F3N6O/c1-14-26-27-17(28(14)2)13-25-18(23-11-5-4-10-19(20,21)22)24-12-15-6-8-16(29-3)9-7-15/h6-9H,4-5,10-13H2,1-3H3,(H2,23,24,25). The molecule has 0 saturated carbocycles. The van der Waals surface area contributed by atoms with E-state index in [9.17, 15) is 13.2 Å². The summed E-state index contributed by atoms with van der Waals surface area (Å²) in [5.74, 6) is 2.79. The van der Waals surface area contributed by atoms with Gasteiger partial charge < -0.3 is 19.9 Å². The van der Waals surface area contributed by atoms with Gasteiger partial charge in [-0.3, -0.25) is 0 Å². The van der Waals surface area contributed by atoms with Crippen LogP contribution < -0.4 is 15.4 Å². The van der Waals surface area contributed by atoms with Crippen LogP contribution in [0.4, 0.5) is 13.2 Å². The van der Waals surface area contributed by atoms with E-state index in [0.717, 1.165) is 23.0 Å². The molecule has 2 N–H and O–H groups in total. The van der Waals surface area contributed by atoms with Crippen molar-refractivity contribution in [2.45, 2.75) is 45.5 Å². The molecule has 2 aromatic rings. The molecule has 0 atom stereocenters. The fraction of sp³-hybridized carbons (Fsp3) is 0.526. The molecule has 1 aromatic carbocycles. The quantitative estimate of drug-likeness (QED) is 0.376. The molecule has 29 heavy (non-hydrogen) atoms. The smallest absolute Gasteiger partial charge is 0.389 e. The third-order valence-corrected chi connectivity index (χ3v) is 4.35. The lowest BCUT2D eigenvalue weighted by molar-refractivity contribution is -0.135. The number of methoxy groups -OCH3 is 1. The van der Waals surface area contributed by atoms with Crippen molar-refractivity contribution < 1.29 is 17.9 Å². The molecule has 0 amide bonds. The molecule has 7 nitrogen and oxygen atoms in total. The Bertz CT molecular complexity index is 786. The van der Waals surface area contributed by atoms with E-state index in [2.05, 4.69) is 25.8 Å². The van der Waals surface area contributed by atoms with Gasteiger partial charge in [-0.25, -0.2) is 4.99 Å². The maximum atomic E-state index is 12.3. The third-order valence-electron chi connectivity index (χ3n) is 4.35. The van der Waals surface area contributed by atoms with Gasteiger partial charge in [0.2, 0.25) is 0 Å². The largest absolute Gasteiger partial charge is 0.497 e. The zero-order chi connectivity index (χ0) is 21.3. The summed E-state index contributed by atoms with van der Waals surface area (Å²) in [5.41, 5.74) is 0.985. The Morgan fingerprint density at radius 3 is 2.45 bits per heavy atom. The highest BCUT2D eigenvalue weighted by Gasteiger charge is 2.25. The van der Waals surface area contributed by atoms with E-state index in [1.807, 2.05) is 42.8 Å². The van der Waals surface area contributed by atoms with E-state index in [-0.39, 0.29) is 6.42 Å². The molecule has 0 bridgehead atoms. The highest BCUT2D eigenvalue weighted by atomic mass is 19.4. The minimum atomic E-state index is -4.12. The van der Waals surface area contributed by atoms with Gasteiger partial charge >= 0.3 is 6.18 Å². The van der Waals surface area contributed by atoms with Gasteiger partial charge in [-0.05, 0) is 37.5 Å². The van der Waals surface area contributed by atoms with Crippen molar-refractivity contribution in [3.05, 3.63) is 41.5 Å². The molecule has 0 fully saturated rings. The topological polar surface area (TPSA) is 76.4 Å². The summed E-state index contributed by atoms with van der Waals surface area (Å²) >= 11 is 0. The molecule has 0 spiro atoms. The highest BCUT2D eigenvalue weighted by molar-refractivity contribution is 5.79. The number of guanidine groups is 1. The average molecular weight is 412 g/mol. The number of hydrogen-bond donors (Lipinski definition) is 2. The highest BCUT2D eigenvalue weighted by Crippen LogP contribution is 2.21. The first-order valence-electron chi connectivity index (χ1n) is 9.35. The van der Waals surface area contributed by atoms with Crippen LogP contribution in [0.1, 0.15) is 36.5 Å². The number of aryl methyl sites for hydroxylation is 1. The number of benzene rings is 1. The number of rotatable bonds is 9.